The quantitative estimate of drug-likeness (QED) is 0.744. The van der Waals surface area contributed by atoms with E-state index in [2.05, 4.69) is 17.1 Å². The number of rotatable bonds is 3. The zero-order chi connectivity index (χ0) is 14.9. The van der Waals surface area contributed by atoms with E-state index in [0.717, 1.165) is 30.0 Å². The molecule has 22 heavy (non-hydrogen) atoms. The summed E-state index contributed by atoms with van der Waals surface area (Å²) in [6.45, 7) is 0.848. The van der Waals surface area contributed by atoms with Crippen molar-refractivity contribution in [2.75, 3.05) is 6.54 Å². The van der Waals surface area contributed by atoms with Crippen LogP contribution < -0.4 is 0 Å². The van der Waals surface area contributed by atoms with Crippen LogP contribution in [0.2, 0.25) is 0 Å². The molecule has 2 aromatic heterocycles. The molecule has 1 atom stereocenters. The number of hydrogen-bond donors (Lipinski definition) is 0. The van der Waals surface area contributed by atoms with Crippen molar-refractivity contribution in [2.24, 2.45) is 0 Å². The highest BCUT2D eigenvalue weighted by molar-refractivity contribution is 7.15. The summed E-state index contributed by atoms with van der Waals surface area (Å²) in [4.78, 5) is 20.2. The van der Waals surface area contributed by atoms with Gasteiger partial charge in [0.25, 0.3) is 0 Å². The lowest BCUT2D eigenvalue weighted by atomic mass is 10.0. The van der Waals surface area contributed by atoms with Crippen LogP contribution >= 0.6 is 11.3 Å². The second kappa shape index (κ2) is 5.57. The summed E-state index contributed by atoms with van der Waals surface area (Å²) in [7, 11) is 0. The number of carbonyl (C=O) groups is 1. The van der Waals surface area contributed by atoms with Gasteiger partial charge in [0.2, 0.25) is 5.91 Å². The third kappa shape index (κ3) is 2.41. The van der Waals surface area contributed by atoms with Gasteiger partial charge in [0.05, 0.1) is 18.2 Å². The topological polar surface area (TPSA) is 37.6 Å². The van der Waals surface area contributed by atoms with Crippen LogP contribution in [0.4, 0.5) is 0 Å². The maximum absolute atomic E-state index is 12.7. The Morgan fingerprint density at radius 1 is 1.32 bits per heavy atom. The maximum atomic E-state index is 12.7. The van der Waals surface area contributed by atoms with Gasteiger partial charge in [0, 0.05) is 24.3 Å². The van der Waals surface area contributed by atoms with E-state index in [9.17, 15) is 4.79 Å². The summed E-state index contributed by atoms with van der Waals surface area (Å²) in [5, 5.41) is 2.00. The van der Waals surface area contributed by atoms with E-state index in [1.807, 2.05) is 45.3 Å². The van der Waals surface area contributed by atoms with Crippen LogP contribution in [0.5, 0.6) is 0 Å². The van der Waals surface area contributed by atoms with Crippen molar-refractivity contribution in [3.63, 3.8) is 0 Å². The average Bonchev–Trinajstić information content (AvgIpc) is 3.23. The number of carbonyl (C=O) groups excluding carboxylic acids is 1. The first-order valence-electron chi connectivity index (χ1n) is 7.57. The number of imidazole rings is 1. The van der Waals surface area contributed by atoms with E-state index in [4.69, 9.17) is 0 Å². The van der Waals surface area contributed by atoms with Crippen LogP contribution in [0.15, 0.2) is 48.1 Å². The fourth-order valence-electron chi connectivity index (χ4n) is 3.20. The molecule has 1 unspecified atom stereocenters. The van der Waals surface area contributed by atoms with Crippen molar-refractivity contribution < 1.29 is 4.79 Å². The van der Waals surface area contributed by atoms with Crippen LogP contribution in [0.25, 0.3) is 4.96 Å². The number of aromatic nitrogens is 2. The second-order valence-corrected chi connectivity index (χ2v) is 6.53. The number of nitrogens with zero attached hydrogens (tertiary/aromatic N) is 3. The Bertz CT molecular complexity index is 764. The number of hydrogen-bond acceptors (Lipinski definition) is 3. The molecule has 0 aliphatic carbocycles. The van der Waals surface area contributed by atoms with E-state index in [0.29, 0.717) is 6.42 Å². The lowest BCUT2D eigenvalue weighted by molar-refractivity contribution is -0.131. The second-order valence-electron chi connectivity index (χ2n) is 5.66. The summed E-state index contributed by atoms with van der Waals surface area (Å²) >= 11 is 1.59. The van der Waals surface area contributed by atoms with Gasteiger partial charge in [0.1, 0.15) is 0 Å². The molecule has 1 aliphatic heterocycles. The van der Waals surface area contributed by atoms with E-state index in [-0.39, 0.29) is 11.9 Å². The molecule has 3 heterocycles. The molecule has 0 bridgehead atoms. The number of fused-ring (bicyclic) bond motifs is 1. The normalized spacial score (nSPS) is 18.2. The molecule has 1 saturated heterocycles. The molecular weight excluding hydrogens is 294 g/mol. The van der Waals surface area contributed by atoms with E-state index >= 15 is 0 Å². The maximum Gasteiger partial charge on any atom is 0.229 e. The Hall–Kier alpha value is -2.14. The monoisotopic (exact) mass is 311 g/mol. The van der Waals surface area contributed by atoms with E-state index in [1.54, 1.807) is 11.3 Å². The van der Waals surface area contributed by atoms with Gasteiger partial charge in [-0.25, -0.2) is 4.98 Å². The zero-order valence-electron chi connectivity index (χ0n) is 12.2. The highest BCUT2D eigenvalue weighted by atomic mass is 32.1. The van der Waals surface area contributed by atoms with Gasteiger partial charge in [0.15, 0.2) is 4.96 Å². The Labute approximate surface area is 133 Å². The third-order valence-corrected chi connectivity index (χ3v) is 5.00. The first-order chi connectivity index (χ1) is 10.8. The molecule has 5 heteroatoms. The van der Waals surface area contributed by atoms with Gasteiger partial charge in [-0.1, -0.05) is 30.3 Å². The lowest BCUT2D eigenvalue weighted by Crippen LogP contribution is -2.31. The van der Waals surface area contributed by atoms with Crippen LogP contribution in [-0.2, 0) is 11.2 Å². The molecular formula is C17H17N3OS. The minimum Gasteiger partial charge on any atom is -0.335 e. The average molecular weight is 311 g/mol. The van der Waals surface area contributed by atoms with Gasteiger partial charge >= 0.3 is 0 Å². The molecule has 1 aromatic carbocycles. The van der Waals surface area contributed by atoms with Crippen molar-refractivity contribution >= 4 is 22.2 Å². The van der Waals surface area contributed by atoms with Gasteiger partial charge in [-0.05, 0) is 18.4 Å². The van der Waals surface area contributed by atoms with E-state index in [1.165, 1.54) is 5.56 Å². The predicted molar refractivity (Wildman–Crippen MR) is 86.9 cm³/mol. The van der Waals surface area contributed by atoms with Crippen molar-refractivity contribution in [2.45, 2.75) is 25.3 Å². The van der Waals surface area contributed by atoms with Gasteiger partial charge in [-0.2, -0.15) is 0 Å². The van der Waals surface area contributed by atoms with E-state index < -0.39 is 0 Å². The molecule has 0 N–H and O–H groups in total. The summed E-state index contributed by atoms with van der Waals surface area (Å²) in [5.74, 6) is 0.178. The van der Waals surface area contributed by atoms with Gasteiger partial charge in [-0.15, -0.1) is 11.3 Å². The minimum absolute atomic E-state index is 0.178. The van der Waals surface area contributed by atoms with Crippen LogP contribution in [-0.4, -0.2) is 26.7 Å². The first kappa shape index (κ1) is 13.5. The standard InChI is InChI=1S/C17H17N3OS/c21-16(11-14-12-19-9-10-22-17(19)18-14)20-8-4-7-15(20)13-5-2-1-3-6-13/h1-3,5-6,9-10,12,15H,4,7-8,11H2. The largest absolute Gasteiger partial charge is 0.335 e. The Morgan fingerprint density at radius 2 is 2.18 bits per heavy atom. The number of likely N-dealkylation sites (tertiary alicyclic amines) is 1. The van der Waals surface area contributed by atoms with Crippen molar-refractivity contribution in [1.82, 2.24) is 14.3 Å². The van der Waals surface area contributed by atoms with Gasteiger partial charge in [-0.3, -0.25) is 9.20 Å². The van der Waals surface area contributed by atoms with Crippen molar-refractivity contribution in [3.8, 4) is 0 Å². The molecule has 0 saturated carbocycles. The summed E-state index contributed by atoms with van der Waals surface area (Å²) < 4.78 is 1.98. The molecule has 1 aliphatic rings. The molecule has 0 radical (unpaired) electrons. The predicted octanol–water partition coefficient (Wildman–Crippen LogP) is 3.30. The van der Waals surface area contributed by atoms with Crippen LogP contribution in [0.3, 0.4) is 0 Å². The highest BCUT2D eigenvalue weighted by Crippen LogP contribution is 2.32. The molecule has 112 valence electrons. The summed E-state index contributed by atoms with van der Waals surface area (Å²) in [5.41, 5.74) is 2.09. The lowest BCUT2D eigenvalue weighted by Gasteiger charge is -2.25. The smallest absolute Gasteiger partial charge is 0.229 e. The molecule has 4 nitrogen and oxygen atoms in total. The Kier molecular flexibility index (Phi) is 3.42. The molecule has 4 rings (SSSR count). The van der Waals surface area contributed by atoms with Gasteiger partial charge < -0.3 is 4.90 Å². The Balaban J connectivity index is 1.52. The van der Waals surface area contributed by atoms with Crippen LogP contribution in [0.1, 0.15) is 30.1 Å². The fraction of sp³-hybridized carbons (Fsp3) is 0.294. The zero-order valence-corrected chi connectivity index (χ0v) is 13.0. The Morgan fingerprint density at radius 3 is 3.00 bits per heavy atom. The molecule has 1 amide bonds. The highest BCUT2D eigenvalue weighted by Gasteiger charge is 2.29. The minimum atomic E-state index is 0.178. The summed E-state index contributed by atoms with van der Waals surface area (Å²) in [6, 6.07) is 10.5. The molecule has 0 spiro atoms. The van der Waals surface area contributed by atoms with Crippen LogP contribution in [0, 0.1) is 0 Å². The first-order valence-corrected chi connectivity index (χ1v) is 8.45. The fourth-order valence-corrected chi connectivity index (χ4v) is 3.92. The van der Waals surface area contributed by atoms with Crippen molar-refractivity contribution in [1.29, 1.82) is 0 Å². The number of thiazole rings is 1. The van der Waals surface area contributed by atoms with Crippen molar-refractivity contribution in [3.05, 3.63) is 59.4 Å². The molecule has 3 aromatic rings. The SMILES string of the molecule is O=C(Cc1cn2ccsc2n1)N1CCCC1c1ccccc1. The number of amides is 1. The third-order valence-electron chi connectivity index (χ3n) is 4.23. The summed E-state index contributed by atoms with van der Waals surface area (Å²) in [6.07, 6.45) is 6.44. The number of benzene rings is 1. The molecule has 1 fully saturated rings.